The first-order valence-electron chi connectivity index (χ1n) is 9.87. The summed E-state index contributed by atoms with van der Waals surface area (Å²) >= 11 is 0. The summed E-state index contributed by atoms with van der Waals surface area (Å²) < 4.78 is 18.6. The Balaban J connectivity index is 1.42. The van der Waals surface area contributed by atoms with E-state index in [9.17, 15) is 14.0 Å². The van der Waals surface area contributed by atoms with Crippen LogP contribution in [0.1, 0.15) is 34.8 Å². The van der Waals surface area contributed by atoms with Crippen molar-refractivity contribution in [3.63, 3.8) is 0 Å². The van der Waals surface area contributed by atoms with Gasteiger partial charge in [-0.3, -0.25) is 14.6 Å². The molecule has 2 heterocycles. The van der Waals surface area contributed by atoms with Crippen LogP contribution in [0, 0.1) is 5.82 Å². The molecule has 154 valence electrons. The molecule has 2 N–H and O–H groups in total. The molecule has 4 rings (SSSR count). The van der Waals surface area contributed by atoms with Crippen LogP contribution in [0.4, 0.5) is 4.39 Å². The summed E-state index contributed by atoms with van der Waals surface area (Å²) in [6.45, 7) is 0.917. The zero-order valence-corrected chi connectivity index (χ0v) is 16.4. The number of hydrogen-bond donors (Lipinski definition) is 1. The highest BCUT2D eigenvalue weighted by atomic mass is 19.1. The number of ether oxygens (including phenoxy) is 1. The number of primary amides is 1. The number of hydrogen-bond acceptors (Lipinski definition) is 4. The lowest BCUT2D eigenvalue weighted by atomic mass is 9.89. The molecule has 7 heteroatoms. The maximum atomic E-state index is 13.2. The van der Waals surface area contributed by atoms with Crippen LogP contribution in [0.5, 0.6) is 5.75 Å². The Morgan fingerprint density at radius 2 is 1.87 bits per heavy atom. The van der Waals surface area contributed by atoms with Gasteiger partial charge in [-0.25, -0.2) is 4.39 Å². The van der Waals surface area contributed by atoms with Gasteiger partial charge in [0.25, 0.3) is 11.8 Å². The first kappa shape index (κ1) is 19.8. The molecule has 0 radical (unpaired) electrons. The maximum Gasteiger partial charge on any atom is 0.260 e. The molecule has 0 saturated carbocycles. The number of rotatable bonds is 5. The third-order valence-corrected chi connectivity index (χ3v) is 5.41. The minimum Gasteiger partial charge on any atom is -0.484 e. The summed E-state index contributed by atoms with van der Waals surface area (Å²) in [6, 6.07) is 15.1. The number of piperidine rings is 1. The molecular formula is C23H22FN3O3. The first-order chi connectivity index (χ1) is 14.5. The fourth-order valence-corrected chi connectivity index (χ4v) is 3.83. The second kappa shape index (κ2) is 8.49. The van der Waals surface area contributed by atoms with E-state index in [1.807, 2.05) is 24.3 Å². The Hall–Kier alpha value is -3.48. The molecule has 1 aromatic heterocycles. The molecule has 1 aliphatic heterocycles. The standard InChI is InChI=1S/C23H22FN3O3/c24-17-5-3-6-18(13-17)30-14-21(28)27-10-8-15(9-11-27)22-19(23(25)29)12-16-4-1-2-7-20(16)26-22/h1-7,12-13,15H,8-11,14H2,(H2,25,29). The van der Waals surface area contributed by atoms with E-state index in [1.54, 1.807) is 17.0 Å². The van der Waals surface area contributed by atoms with Crippen molar-refractivity contribution in [3.8, 4) is 5.75 Å². The van der Waals surface area contributed by atoms with Crippen LogP contribution in [0.15, 0.2) is 54.6 Å². The van der Waals surface area contributed by atoms with Crippen LogP contribution in [-0.4, -0.2) is 41.4 Å². The minimum absolute atomic E-state index is 0.0466. The van der Waals surface area contributed by atoms with Gasteiger partial charge in [-0.15, -0.1) is 0 Å². The summed E-state index contributed by atoms with van der Waals surface area (Å²) in [5.74, 6) is -0.687. The number of carbonyl (C=O) groups excluding carboxylic acids is 2. The smallest absolute Gasteiger partial charge is 0.260 e. The van der Waals surface area contributed by atoms with Gasteiger partial charge >= 0.3 is 0 Å². The minimum atomic E-state index is -0.495. The Kier molecular flexibility index (Phi) is 5.61. The summed E-state index contributed by atoms with van der Waals surface area (Å²) in [5, 5.41) is 0.872. The number of aromatic nitrogens is 1. The maximum absolute atomic E-state index is 13.2. The molecule has 0 atom stereocenters. The fraction of sp³-hybridized carbons (Fsp3) is 0.261. The lowest BCUT2D eigenvalue weighted by Gasteiger charge is -2.32. The van der Waals surface area contributed by atoms with Crippen molar-refractivity contribution in [2.45, 2.75) is 18.8 Å². The largest absolute Gasteiger partial charge is 0.484 e. The molecule has 0 bridgehead atoms. The van der Waals surface area contributed by atoms with Crippen molar-refractivity contribution in [1.29, 1.82) is 0 Å². The monoisotopic (exact) mass is 407 g/mol. The number of amides is 2. The van der Waals surface area contributed by atoms with E-state index < -0.39 is 11.7 Å². The molecule has 30 heavy (non-hydrogen) atoms. The Labute approximate surface area is 173 Å². The molecule has 1 saturated heterocycles. The van der Waals surface area contributed by atoms with Crippen LogP contribution in [0.25, 0.3) is 10.9 Å². The Bertz CT molecular complexity index is 1090. The molecule has 3 aromatic rings. The molecule has 0 spiro atoms. The zero-order chi connectivity index (χ0) is 21.1. The van der Waals surface area contributed by atoms with Crippen LogP contribution in [0.3, 0.4) is 0 Å². The summed E-state index contributed by atoms with van der Waals surface area (Å²) in [5.41, 5.74) is 7.56. The third-order valence-electron chi connectivity index (χ3n) is 5.41. The van der Waals surface area contributed by atoms with Crippen LogP contribution in [0.2, 0.25) is 0 Å². The number of nitrogens with two attached hydrogens (primary N) is 1. The van der Waals surface area contributed by atoms with Crippen molar-refractivity contribution < 1.29 is 18.7 Å². The number of fused-ring (bicyclic) bond motifs is 1. The first-order valence-corrected chi connectivity index (χ1v) is 9.87. The number of benzene rings is 2. The predicted molar refractivity (Wildman–Crippen MR) is 111 cm³/mol. The third kappa shape index (κ3) is 4.25. The SMILES string of the molecule is NC(=O)c1cc2ccccc2nc1C1CCN(C(=O)COc2cccc(F)c2)CC1. The zero-order valence-electron chi connectivity index (χ0n) is 16.4. The predicted octanol–water partition coefficient (Wildman–Crippen LogP) is 3.26. The molecule has 1 fully saturated rings. The lowest BCUT2D eigenvalue weighted by molar-refractivity contribution is -0.134. The van der Waals surface area contributed by atoms with Gasteiger partial charge in [0, 0.05) is 30.5 Å². The van der Waals surface area contributed by atoms with Crippen LogP contribution in [-0.2, 0) is 4.79 Å². The number of pyridine rings is 1. The van der Waals surface area contributed by atoms with E-state index in [-0.39, 0.29) is 18.4 Å². The van der Waals surface area contributed by atoms with E-state index in [0.29, 0.717) is 42.9 Å². The highest BCUT2D eigenvalue weighted by molar-refractivity contribution is 5.97. The molecule has 1 aliphatic rings. The van der Waals surface area contributed by atoms with Gasteiger partial charge in [0.1, 0.15) is 11.6 Å². The number of halogens is 1. The highest BCUT2D eigenvalue weighted by Gasteiger charge is 2.28. The van der Waals surface area contributed by atoms with E-state index in [1.165, 1.54) is 18.2 Å². The molecule has 0 unspecified atom stereocenters. The average Bonchev–Trinajstić information content (AvgIpc) is 2.76. The van der Waals surface area contributed by atoms with E-state index >= 15 is 0 Å². The van der Waals surface area contributed by atoms with Crippen molar-refractivity contribution >= 4 is 22.7 Å². The summed E-state index contributed by atoms with van der Waals surface area (Å²) in [6.07, 6.45) is 1.36. The molecule has 0 aliphatic carbocycles. The Morgan fingerprint density at radius 3 is 2.60 bits per heavy atom. The van der Waals surface area contributed by atoms with Crippen molar-refractivity contribution in [1.82, 2.24) is 9.88 Å². The van der Waals surface area contributed by atoms with Crippen molar-refractivity contribution in [2.24, 2.45) is 5.73 Å². The van der Waals surface area contributed by atoms with E-state index in [0.717, 1.165) is 10.9 Å². The van der Waals surface area contributed by atoms with Gasteiger partial charge in [-0.2, -0.15) is 0 Å². The normalized spacial score (nSPS) is 14.6. The average molecular weight is 407 g/mol. The second-order valence-electron chi connectivity index (χ2n) is 7.38. The number of para-hydroxylation sites is 1. The summed E-state index contributed by atoms with van der Waals surface area (Å²) in [7, 11) is 0. The van der Waals surface area contributed by atoms with Gasteiger partial charge in [-0.1, -0.05) is 24.3 Å². The lowest BCUT2D eigenvalue weighted by Crippen LogP contribution is -2.40. The molecule has 6 nitrogen and oxygen atoms in total. The Morgan fingerprint density at radius 1 is 1.10 bits per heavy atom. The quantitative estimate of drug-likeness (QED) is 0.704. The van der Waals surface area contributed by atoms with Crippen molar-refractivity contribution in [2.75, 3.05) is 19.7 Å². The number of nitrogens with zero attached hydrogens (tertiary/aromatic N) is 2. The topological polar surface area (TPSA) is 85.5 Å². The molecular weight excluding hydrogens is 385 g/mol. The van der Waals surface area contributed by atoms with Gasteiger partial charge < -0.3 is 15.4 Å². The van der Waals surface area contributed by atoms with Crippen LogP contribution < -0.4 is 10.5 Å². The molecule has 2 aromatic carbocycles. The second-order valence-corrected chi connectivity index (χ2v) is 7.38. The number of likely N-dealkylation sites (tertiary alicyclic amines) is 1. The highest BCUT2D eigenvalue weighted by Crippen LogP contribution is 2.31. The number of carbonyl (C=O) groups is 2. The summed E-state index contributed by atoms with van der Waals surface area (Å²) in [4.78, 5) is 30.9. The molecule has 2 amide bonds. The van der Waals surface area contributed by atoms with Gasteiger partial charge in [-0.05, 0) is 37.1 Å². The van der Waals surface area contributed by atoms with Crippen molar-refractivity contribution in [3.05, 3.63) is 71.7 Å². The van der Waals surface area contributed by atoms with Crippen LogP contribution >= 0.6 is 0 Å². The fourth-order valence-electron chi connectivity index (χ4n) is 3.83. The van der Waals surface area contributed by atoms with Gasteiger partial charge in [0.15, 0.2) is 6.61 Å². The van der Waals surface area contributed by atoms with E-state index in [4.69, 9.17) is 15.5 Å². The van der Waals surface area contributed by atoms with Gasteiger partial charge in [0.05, 0.1) is 16.8 Å². The van der Waals surface area contributed by atoms with E-state index in [2.05, 4.69) is 0 Å². The van der Waals surface area contributed by atoms with Gasteiger partial charge in [0.2, 0.25) is 0 Å².